The van der Waals surface area contributed by atoms with Crippen molar-refractivity contribution in [1.29, 1.82) is 0 Å². The quantitative estimate of drug-likeness (QED) is 0.833. The van der Waals surface area contributed by atoms with E-state index < -0.39 is 0 Å². The first kappa shape index (κ1) is 13.7. The molecule has 1 aliphatic rings. The highest BCUT2D eigenvalue weighted by Crippen LogP contribution is 2.22. The van der Waals surface area contributed by atoms with Crippen LogP contribution < -0.4 is 0 Å². The lowest BCUT2D eigenvalue weighted by Crippen LogP contribution is -2.11. The molecular formula is C15H14ClFN2S. The second-order valence-electron chi connectivity index (χ2n) is 5.04. The largest absolute Gasteiger partial charge is 0.347 e. The molecule has 2 aromatic rings. The SMILES string of the molecule is Fc1c(Cl)cccc1Cc1nc(=S)c2c([nH]1)CCCC2. The molecule has 0 atom stereocenters. The van der Waals surface area contributed by atoms with Gasteiger partial charge in [-0.2, -0.15) is 0 Å². The van der Waals surface area contributed by atoms with Crippen molar-refractivity contribution in [2.45, 2.75) is 32.1 Å². The molecule has 3 rings (SSSR count). The van der Waals surface area contributed by atoms with Crippen molar-refractivity contribution >= 4 is 23.8 Å². The van der Waals surface area contributed by atoms with Gasteiger partial charge in [0, 0.05) is 17.7 Å². The predicted molar refractivity (Wildman–Crippen MR) is 80.3 cm³/mol. The van der Waals surface area contributed by atoms with E-state index in [0.29, 0.717) is 22.4 Å². The molecule has 0 amide bonds. The molecule has 1 aromatic carbocycles. The van der Waals surface area contributed by atoms with Crippen molar-refractivity contribution in [1.82, 2.24) is 9.97 Å². The van der Waals surface area contributed by atoms with Gasteiger partial charge in [-0.3, -0.25) is 0 Å². The van der Waals surface area contributed by atoms with Gasteiger partial charge in [0.2, 0.25) is 0 Å². The molecule has 5 heteroatoms. The topological polar surface area (TPSA) is 28.7 Å². The van der Waals surface area contributed by atoms with E-state index >= 15 is 0 Å². The van der Waals surface area contributed by atoms with Crippen molar-refractivity contribution in [3.63, 3.8) is 0 Å². The smallest absolute Gasteiger partial charge is 0.145 e. The lowest BCUT2D eigenvalue weighted by atomic mass is 9.97. The van der Waals surface area contributed by atoms with Gasteiger partial charge in [-0.1, -0.05) is 36.0 Å². The van der Waals surface area contributed by atoms with Crippen molar-refractivity contribution in [3.8, 4) is 0 Å². The minimum Gasteiger partial charge on any atom is -0.347 e. The molecule has 0 saturated carbocycles. The molecule has 104 valence electrons. The number of benzene rings is 1. The van der Waals surface area contributed by atoms with E-state index in [4.69, 9.17) is 23.8 Å². The summed E-state index contributed by atoms with van der Waals surface area (Å²) in [6, 6.07) is 5.01. The molecule has 0 bridgehead atoms. The van der Waals surface area contributed by atoms with Crippen LogP contribution in [0, 0.1) is 10.5 Å². The molecule has 0 saturated heterocycles. The van der Waals surface area contributed by atoms with Gasteiger partial charge in [0.1, 0.15) is 16.3 Å². The number of aromatic nitrogens is 2. The number of nitrogens with zero attached hydrogens (tertiary/aromatic N) is 1. The summed E-state index contributed by atoms with van der Waals surface area (Å²) in [6.45, 7) is 0. The Kier molecular flexibility index (Phi) is 3.85. The maximum absolute atomic E-state index is 13.9. The number of aryl methyl sites for hydroxylation is 1. The zero-order valence-corrected chi connectivity index (χ0v) is 12.5. The van der Waals surface area contributed by atoms with E-state index in [9.17, 15) is 4.39 Å². The average molecular weight is 309 g/mol. The molecule has 1 aromatic heterocycles. The normalized spacial score (nSPS) is 14.1. The Morgan fingerprint density at radius 2 is 2.10 bits per heavy atom. The van der Waals surface area contributed by atoms with Crippen molar-refractivity contribution in [2.24, 2.45) is 0 Å². The lowest BCUT2D eigenvalue weighted by Gasteiger charge is -2.16. The third kappa shape index (κ3) is 2.63. The highest BCUT2D eigenvalue weighted by atomic mass is 35.5. The van der Waals surface area contributed by atoms with E-state index in [1.54, 1.807) is 18.2 Å². The van der Waals surface area contributed by atoms with Crippen LogP contribution in [0.25, 0.3) is 0 Å². The monoisotopic (exact) mass is 308 g/mol. The summed E-state index contributed by atoms with van der Waals surface area (Å²) in [5.41, 5.74) is 2.85. The number of aromatic amines is 1. The summed E-state index contributed by atoms with van der Waals surface area (Å²) in [4.78, 5) is 7.72. The van der Waals surface area contributed by atoms with E-state index in [0.717, 1.165) is 36.9 Å². The van der Waals surface area contributed by atoms with Crippen molar-refractivity contribution in [3.05, 3.63) is 56.3 Å². The third-order valence-electron chi connectivity index (χ3n) is 3.65. The second kappa shape index (κ2) is 5.62. The fourth-order valence-corrected chi connectivity index (χ4v) is 3.15. The van der Waals surface area contributed by atoms with Crippen LogP contribution in [0.2, 0.25) is 5.02 Å². The Hall–Kier alpha value is -1.26. The maximum atomic E-state index is 13.9. The first-order chi connectivity index (χ1) is 9.65. The van der Waals surface area contributed by atoms with Gasteiger partial charge in [0.25, 0.3) is 0 Å². The van der Waals surface area contributed by atoms with Crippen LogP contribution >= 0.6 is 23.8 Å². The van der Waals surface area contributed by atoms with Crippen LogP contribution in [0.3, 0.4) is 0 Å². The van der Waals surface area contributed by atoms with Crippen molar-refractivity contribution < 1.29 is 4.39 Å². The summed E-state index contributed by atoms with van der Waals surface area (Å²) in [7, 11) is 0. The van der Waals surface area contributed by atoms with Gasteiger partial charge in [0.05, 0.1) is 5.02 Å². The van der Waals surface area contributed by atoms with Crippen LogP contribution in [0.5, 0.6) is 0 Å². The summed E-state index contributed by atoms with van der Waals surface area (Å²) in [5, 5.41) is 0.138. The molecular weight excluding hydrogens is 295 g/mol. The van der Waals surface area contributed by atoms with Gasteiger partial charge < -0.3 is 4.98 Å². The first-order valence-electron chi connectivity index (χ1n) is 6.69. The molecule has 1 N–H and O–H groups in total. The van der Waals surface area contributed by atoms with Crippen molar-refractivity contribution in [2.75, 3.05) is 0 Å². The number of hydrogen-bond acceptors (Lipinski definition) is 2. The molecule has 0 aliphatic heterocycles. The predicted octanol–water partition coefficient (Wildman–Crippen LogP) is 4.40. The fraction of sp³-hybridized carbons (Fsp3) is 0.333. The Morgan fingerprint density at radius 3 is 2.95 bits per heavy atom. The van der Waals surface area contributed by atoms with Crippen LogP contribution in [0.4, 0.5) is 4.39 Å². The summed E-state index contributed by atoms with van der Waals surface area (Å²) < 4.78 is 14.6. The van der Waals surface area contributed by atoms with Gasteiger partial charge >= 0.3 is 0 Å². The molecule has 2 nitrogen and oxygen atoms in total. The molecule has 1 aliphatic carbocycles. The Labute approximate surface area is 127 Å². The maximum Gasteiger partial charge on any atom is 0.145 e. The Morgan fingerprint density at radius 1 is 1.30 bits per heavy atom. The molecule has 0 unspecified atom stereocenters. The number of halogens is 2. The minimum absolute atomic E-state index is 0.138. The van der Waals surface area contributed by atoms with E-state index in [1.165, 1.54) is 0 Å². The number of hydrogen-bond donors (Lipinski definition) is 1. The Balaban J connectivity index is 1.97. The standard InChI is InChI=1S/C15H14ClFN2S/c16-11-6-3-4-9(14(11)17)8-13-18-12-7-2-1-5-10(12)15(20)19-13/h3-4,6H,1-2,5,7-8H2,(H,18,19,20). The van der Waals surface area contributed by atoms with Gasteiger partial charge in [-0.25, -0.2) is 9.37 Å². The fourth-order valence-electron chi connectivity index (χ4n) is 2.62. The molecule has 0 fully saturated rings. The molecule has 20 heavy (non-hydrogen) atoms. The van der Waals surface area contributed by atoms with Gasteiger partial charge in [-0.05, 0) is 37.3 Å². The molecule has 1 heterocycles. The molecule has 0 radical (unpaired) electrons. The zero-order valence-electron chi connectivity index (χ0n) is 10.9. The number of rotatable bonds is 2. The van der Waals surface area contributed by atoms with Gasteiger partial charge in [-0.15, -0.1) is 0 Å². The second-order valence-corrected chi connectivity index (χ2v) is 5.84. The summed E-state index contributed by atoms with van der Waals surface area (Å²) in [6.07, 6.45) is 4.68. The molecule has 0 spiro atoms. The Bertz CT molecular complexity index is 712. The van der Waals surface area contributed by atoms with Crippen LogP contribution in [0.1, 0.15) is 35.5 Å². The van der Waals surface area contributed by atoms with Gasteiger partial charge in [0.15, 0.2) is 0 Å². The van der Waals surface area contributed by atoms with E-state index in [2.05, 4.69) is 9.97 Å². The van der Waals surface area contributed by atoms with E-state index in [1.807, 2.05) is 0 Å². The summed E-state index contributed by atoms with van der Waals surface area (Å²) in [5.74, 6) is 0.324. The average Bonchev–Trinajstić information content (AvgIpc) is 2.44. The number of H-pyrrole nitrogens is 1. The number of fused-ring (bicyclic) bond motifs is 1. The zero-order chi connectivity index (χ0) is 14.1. The van der Waals surface area contributed by atoms with E-state index in [-0.39, 0.29) is 10.8 Å². The van der Waals surface area contributed by atoms with Crippen LogP contribution in [-0.2, 0) is 19.3 Å². The highest BCUT2D eigenvalue weighted by molar-refractivity contribution is 7.71. The summed E-state index contributed by atoms with van der Waals surface area (Å²) >= 11 is 11.2. The van der Waals surface area contributed by atoms with Crippen LogP contribution in [0.15, 0.2) is 18.2 Å². The van der Waals surface area contributed by atoms with Crippen LogP contribution in [-0.4, -0.2) is 9.97 Å². The number of nitrogens with one attached hydrogen (secondary N) is 1. The minimum atomic E-state index is -0.381. The lowest BCUT2D eigenvalue weighted by molar-refractivity contribution is 0.610. The highest BCUT2D eigenvalue weighted by Gasteiger charge is 2.14. The third-order valence-corrected chi connectivity index (χ3v) is 4.28. The first-order valence-corrected chi connectivity index (χ1v) is 7.47.